The Morgan fingerprint density at radius 1 is 1.14 bits per heavy atom. The van der Waals surface area contributed by atoms with E-state index in [1.54, 1.807) is 0 Å². The van der Waals surface area contributed by atoms with Gasteiger partial charge in [-0.25, -0.2) is 0 Å². The van der Waals surface area contributed by atoms with Crippen LogP contribution in [0.25, 0.3) is 0 Å². The molecule has 1 saturated carbocycles. The Labute approximate surface area is 82.0 Å². The lowest BCUT2D eigenvalue weighted by molar-refractivity contribution is -0.158. The predicted molar refractivity (Wildman–Crippen MR) is 46.3 cm³/mol. The molecule has 5 heteroatoms. The summed E-state index contributed by atoms with van der Waals surface area (Å²) in [6.07, 6.45) is 0.0965. The van der Waals surface area contributed by atoms with Gasteiger partial charge in [-0.15, -0.1) is 0 Å². The van der Waals surface area contributed by atoms with Crippen LogP contribution in [0.3, 0.4) is 0 Å². The van der Waals surface area contributed by atoms with Crippen molar-refractivity contribution in [1.82, 2.24) is 0 Å². The van der Waals surface area contributed by atoms with Gasteiger partial charge in [-0.1, -0.05) is 0 Å². The molecule has 1 N–H and O–H groups in total. The summed E-state index contributed by atoms with van der Waals surface area (Å²) in [5, 5.41) is 9.50. The Balaban J connectivity index is 2.76. The van der Waals surface area contributed by atoms with E-state index >= 15 is 0 Å². The summed E-state index contributed by atoms with van der Waals surface area (Å²) in [6, 6.07) is 0. The lowest BCUT2D eigenvalue weighted by atomic mass is 9.95. The van der Waals surface area contributed by atoms with E-state index in [0.29, 0.717) is 12.8 Å². The average molecular weight is 202 g/mol. The third-order valence-corrected chi connectivity index (χ3v) is 2.60. The molecule has 0 bridgehead atoms. The number of esters is 2. The third kappa shape index (κ3) is 1.87. The number of carbonyl (C=O) groups is 2. The smallest absolute Gasteiger partial charge is 0.312 e. The zero-order chi connectivity index (χ0) is 10.7. The molecule has 0 unspecified atom stereocenters. The van der Waals surface area contributed by atoms with Crippen molar-refractivity contribution in [3.63, 3.8) is 0 Å². The predicted octanol–water partition coefficient (Wildman–Crippen LogP) is -0.281. The molecular weight excluding hydrogens is 188 g/mol. The second-order valence-electron chi connectivity index (χ2n) is 3.32. The van der Waals surface area contributed by atoms with E-state index in [1.165, 1.54) is 14.2 Å². The first-order chi connectivity index (χ1) is 6.61. The minimum Gasteiger partial charge on any atom is -0.469 e. The van der Waals surface area contributed by atoms with Gasteiger partial charge in [0, 0.05) is 0 Å². The number of methoxy groups -OCH3 is 2. The van der Waals surface area contributed by atoms with Crippen LogP contribution in [0.4, 0.5) is 0 Å². The fraction of sp³-hybridized carbons (Fsp3) is 0.778. The first kappa shape index (κ1) is 11.0. The average Bonchev–Trinajstić information content (AvgIpc) is 2.58. The molecule has 5 nitrogen and oxygen atoms in total. The van der Waals surface area contributed by atoms with Gasteiger partial charge in [0.1, 0.15) is 0 Å². The fourth-order valence-electron chi connectivity index (χ4n) is 1.85. The molecule has 14 heavy (non-hydrogen) atoms. The van der Waals surface area contributed by atoms with E-state index < -0.39 is 29.9 Å². The Morgan fingerprint density at radius 2 is 1.71 bits per heavy atom. The van der Waals surface area contributed by atoms with E-state index in [1.807, 2.05) is 0 Å². The van der Waals surface area contributed by atoms with Crippen LogP contribution in [0.2, 0.25) is 0 Å². The first-order valence-corrected chi connectivity index (χ1v) is 4.45. The maximum atomic E-state index is 11.3. The molecular formula is C9H14O5. The number of aliphatic hydroxyl groups is 1. The molecule has 0 amide bonds. The van der Waals surface area contributed by atoms with Crippen LogP contribution in [0.15, 0.2) is 0 Å². The topological polar surface area (TPSA) is 72.8 Å². The highest BCUT2D eigenvalue weighted by atomic mass is 16.5. The number of rotatable bonds is 2. The molecule has 1 fully saturated rings. The molecule has 0 aromatic heterocycles. The Kier molecular flexibility index (Phi) is 3.46. The van der Waals surface area contributed by atoms with E-state index in [9.17, 15) is 14.7 Å². The number of aliphatic hydroxyl groups excluding tert-OH is 1. The third-order valence-electron chi connectivity index (χ3n) is 2.60. The summed E-state index contributed by atoms with van der Waals surface area (Å²) in [5.41, 5.74) is 0. The van der Waals surface area contributed by atoms with Gasteiger partial charge < -0.3 is 14.6 Å². The van der Waals surface area contributed by atoms with Crippen LogP contribution in [0, 0.1) is 11.8 Å². The van der Waals surface area contributed by atoms with Crippen molar-refractivity contribution >= 4 is 11.9 Å². The fourth-order valence-corrected chi connectivity index (χ4v) is 1.85. The highest BCUT2D eigenvalue weighted by Crippen LogP contribution is 2.33. The van der Waals surface area contributed by atoms with Crippen molar-refractivity contribution in [1.29, 1.82) is 0 Å². The largest absolute Gasteiger partial charge is 0.469 e. The van der Waals surface area contributed by atoms with E-state index in [0.717, 1.165) is 0 Å². The van der Waals surface area contributed by atoms with Gasteiger partial charge in [-0.05, 0) is 12.8 Å². The molecule has 0 spiro atoms. The van der Waals surface area contributed by atoms with Gasteiger partial charge in [0.25, 0.3) is 0 Å². The summed E-state index contributed by atoms with van der Waals surface area (Å²) in [6.45, 7) is 0. The van der Waals surface area contributed by atoms with Crippen molar-refractivity contribution in [3.8, 4) is 0 Å². The zero-order valence-corrected chi connectivity index (χ0v) is 8.23. The zero-order valence-electron chi connectivity index (χ0n) is 8.23. The highest BCUT2D eigenvalue weighted by molar-refractivity contribution is 5.83. The van der Waals surface area contributed by atoms with Gasteiger partial charge in [0.15, 0.2) is 0 Å². The van der Waals surface area contributed by atoms with E-state index in [4.69, 9.17) is 0 Å². The number of ether oxygens (including phenoxy) is 2. The van der Waals surface area contributed by atoms with E-state index in [2.05, 4.69) is 9.47 Å². The normalized spacial score (nSPS) is 31.2. The van der Waals surface area contributed by atoms with Crippen molar-refractivity contribution in [2.24, 2.45) is 11.8 Å². The molecule has 80 valence electrons. The number of hydrogen-bond acceptors (Lipinski definition) is 5. The van der Waals surface area contributed by atoms with Gasteiger partial charge in [-0.3, -0.25) is 9.59 Å². The van der Waals surface area contributed by atoms with Gasteiger partial charge in [-0.2, -0.15) is 0 Å². The highest BCUT2D eigenvalue weighted by Gasteiger charge is 2.45. The minimum atomic E-state index is -0.799. The molecule has 1 aliphatic carbocycles. The molecule has 0 aliphatic heterocycles. The summed E-state index contributed by atoms with van der Waals surface area (Å²) in [5.74, 6) is -2.35. The van der Waals surface area contributed by atoms with Gasteiger partial charge >= 0.3 is 11.9 Å². The monoisotopic (exact) mass is 202 g/mol. The molecule has 0 aromatic rings. The van der Waals surface area contributed by atoms with E-state index in [-0.39, 0.29) is 0 Å². The van der Waals surface area contributed by atoms with Crippen LogP contribution in [-0.2, 0) is 19.1 Å². The van der Waals surface area contributed by atoms with Crippen LogP contribution < -0.4 is 0 Å². The molecule has 0 radical (unpaired) electrons. The number of hydrogen-bond donors (Lipinski definition) is 1. The number of carbonyl (C=O) groups excluding carboxylic acids is 2. The summed E-state index contributed by atoms with van der Waals surface area (Å²) < 4.78 is 9.07. The molecule has 0 aromatic carbocycles. The Hall–Kier alpha value is -1.10. The summed E-state index contributed by atoms with van der Waals surface area (Å²) >= 11 is 0. The van der Waals surface area contributed by atoms with Crippen molar-refractivity contribution in [3.05, 3.63) is 0 Å². The minimum absolute atomic E-state index is 0.430. The maximum absolute atomic E-state index is 11.3. The lowest BCUT2D eigenvalue weighted by Gasteiger charge is -2.17. The van der Waals surface area contributed by atoms with Gasteiger partial charge in [0.05, 0.1) is 32.2 Å². The molecule has 3 atom stereocenters. The molecule has 0 heterocycles. The molecule has 0 saturated heterocycles. The van der Waals surface area contributed by atoms with Crippen LogP contribution in [0.1, 0.15) is 12.8 Å². The SMILES string of the molecule is COC(=O)[C@@H]1[C@H](O)CC[C@@H]1C(=O)OC. The Morgan fingerprint density at radius 3 is 2.21 bits per heavy atom. The van der Waals surface area contributed by atoms with Crippen molar-refractivity contribution < 1.29 is 24.2 Å². The maximum Gasteiger partial charge on any atom is 0.312 e. The standard InChI is InChI=1S/C9H14O5/c1-13-8(11)5-3-4-6(10)7(5)9(12)14-2/h5-7,10H,3-4H2,1-2H3/t5-,6+,7-/m0/s1. The van der Waals surface area contributed by atoms with Gasteiger partial charge in [0.2, 0.25) is 0 Å². The Bertz CT molecular complexity index is 237. The van der Waals surface area contributed by atoms with Crippen molar-refractivity contribution in [2.45, 2.75) is 18.9 Å². The lowest BCUT2D eigenvalue weighted by Crippen LogP contribution is -2.33. The second kappa shape index (κ2) is 4.41. The second-order valence-corrected chi connectivity index (χ2v) is 3.32. The van der Waals surface area contributed by atoms with Crippen LogP contribution in [0.5, 0.6) is 0 Å². The molecule has 1 rings (SSSR count). The van der Waals surface area contributed by atoms with Crippen LogP contribution >= 0.6 is 0 Å². The molecule has 1 aliphatic rings. The summed E-state index contributed by atoms with van der Waals surface area (Å²) in [7, 11) is 2.50. The quantitative estimate of drug-likeness (QED) is 0.623. The first-order valence-electron chi connectivity index (χ1n) is 4.45. The van der Waals surface area contributed by atoms with Crippen molar-refractivity contribution in [2.75, 3.05) is 14.2 Å². The van der Waals surface area contributed by atoms with Crippen LogP contribution in [-0.4, -0.2) is 37.4 Å². The summed E-state index contributed by atoms with van der Waals surface area (Å²) in [4.78, 5) is 22.5.